The molecule has 18 heavy (non-hydrogen) atoms. The predicted octanol–water partition coefficient (Wildman–Crippen LogP) is 4.07. The van der Waals surface area contributed by atoms with Gasteiger partial charge in [-0.05, 0) is 25.0 Å². The fourth-order valence-electron chi connectivity index (χ4n) is 2.87. The molecule has 0 atom stereocenters. The minimum absolute atomic E-state index is 0.233. The van der Waals surface area contributed by atoms with Crippen LogP contribution in [0.15, 0.2) is 24.3 Å². The van der Waals surface area contributed by atoms with Gasteiger partial charge in [0.1, 0.15) is 11.3 Å². The van der Waals surface area contributed by atoms with E-state index in [-0.39, 0.29) is 5.82 Å². The van der Waals surface area contributed by atoms with E-state index in [0.29, 0.717) is 11.4 Å². The van der Waals surface area contributed by atoms with Crippen LogP contribution in [-0.2, 0) is 0 Å². The second-order valence-electron chi connectivity index (χ2n) is 4.96. The molecular weight excluding hydrogens is 227 g/mol. The van der Waals surface area contributed by atoms with Gasteiger partial charge in [0.2, 0.25) is 0 Å². The van der Waals surface area contributed by atoms with Crippen molar-refractivity contribution in [2.45, 2.75) is 31.6 Å². The minimum Gasteiger partial charge on any atom is -0.388 e. The third-order valence-electron chi connectivity index (χ3n) is 3.85. The van der Waals surface area contributed by atoms with Gasteiger partial charge in [0.25, 0.3) is 0 Å². The van der Waals surface area contributed by atoms with E-state index >= 15 is 0 Å². The lowest BCUT2D eigenvalue weighted by atomic mass is 10.0. The molecule has 1 saturated carbocycles. The van der Waals surface area contributed by atoms with Crippen molar-refractivity contribution in [1.82, 2.24) is 4.98 Å². The number of fused-ring (bicyclic) bond motifs is 1. The maximum atomic E-state index is 13.9. The Labute approximate surface area is 106 Å². The molecule has 0 bridgehead atoms. The molecule has 3 heteroatoms. The maximum Gasteiger partial charge on any atom is 0.149 e. The quantitative estimate of drug-likeness (QED) is 0.861. The molecule has 2 nitrogen and oxygen atoms in total. The van der Waals surface area contributed by atoms with Crippen molar-refractivity contribution >= 4 is 16.6 Å². The number of anilines is 1. The van der Waals surface area contributed by atoms with Crippen LogP contribution >= 0.6 is 0 Å². The number of aromatic nitrogens is 1. The van der Waals surface area contributed by atoms with Crippen LogP contribution in [0.4, 0.5) is 10.1 Å². The highest BCUT2D eigenvalue weighted by molar-refractivity contribution is 5.91. The molecule has 1 aromatic heterocycles. The van der Waals surface area contributed by atoms with Gasteiger partial charge in [-0.3, -0.25) is 0 Å². The summed E-state index contributed by atoms with van der Waals surface area (Å²) >= 11 is 0. The second kappa shape index (κ2) is 4.56. The van der Waals surface area contributed by atoms with Gasteiger partial charge in [0.15, 0.2) is 0 Å². The van der Waals surface area contributed by atoms with E-state index in [1.165, 1.54) is 31.7 Å². The zero-order valence-corrected chi connectivity index (χ0v) is 10.5. The fourth-order valence-corrected chi connectivity index (χ4v) is 2.87. The van der Waals surface area contributed by atoms with E-state index in [2.05, 4.69) is 16.4 Å². The Bertz CT molecular complexity index is 574. The zero-order valence-electron chi connectivity index (χ0n) is 10.5. The fraction of sp³-hybridized carbons (Fsp3) is 0.400. The summed E-state index contributed by atoms with van der Waals surface area (Å²) in [7, 11) is 1.87. The van der Waals surface area contributed by atoms with Crippen LogP contribution in [0.1, 0.15) is 37.3 Å². The average Bonchev–Trinajstić information content (AvgIpc) is 2.92. The summed E-state index contributed by atoms with van der Waals surface area (Å²) in [5.41, 5.74) is 2.50. The zero-order chi connectivity index (χ0) is 12.5. The third kappa shape index (κ3) is 1.84. The van der Waals surface area contributed by atoms with Crippen LogP contribution < -0.4 is 5.32 Å². The first-order valence-electron chi connectivity index (χ1n) is 6.56. The summed E-state index contributed by atoms with van der Waals surface area (Å²) in [6, 6.07) is 7.20. The first kappa shape index (κ1) is 11.5. The van der Waals surface area contributed by atoms with Gasteiger partial charge in [-0.25, -0.2) is 9.37 Å². The van der Waals surface area contributed by atoms with E-state index in [1.807, 2.05) is 13.1 Å². The van der Waals surface area contributed by atoms with Gasteiger partial charge in [-0.15, -0.1) is 0 Å². The lowest BCUT2D eigenvalue weighted by Gasteiger charge is -2.13. The van der Waals surface area contributed by atoms with Crippen molar-refractivity contribution in [3.8, 4) is 0 Å². The predicted molar refractivity (Wildman–Crippen MR) is 72.5 cm³/mol. The molecular formula is C15H17FN2. The molecule has 1 aliphatic rings. The molecule has 1 aliphatic carbocycles. The van der Waals surface area contributed by atoms with Crippen molar-refractivity contribution in [2.24, 2.45) is 0 Å². The highest BCUT2D eigenvalue weighted by atomic mass is 19.1. The molecule has 1 heterocycles. The number of benzene rings is 1. The van der Waals surface area contributed by atoms with Crippen molar-refractivity contribution in [3.05, 3.63) is 35.8 Å². The number of pyridine rings is 1. The molecule has 94 valence electrons. The molecule has 0 spiro atoms. The molecule has 0 saturated heterocycles. The summed E-state index contributed by atoms with van der Waals surface area (Å²) in [6.07, 6.45) is 4.87. The van der Waals surface area contributed by atoms with E-state index < -0.39 is 0 Å². The summed E-state index contributed by atoms with van der Waals surface area (Å²) in [5, 5.41) is 4.01. The van der Waals surface area contributed by atoms with Crippen molar-refractivity contribution in [1.29, 1.82) is 0 Å². The molecule has 0 radical (unpaired) electrons. The highest BCUT2D eigenvalue weighted by Gasteiger charge is 2.20. The van der Waals surface area contributed by atoms with Crippen molar-refractivity contribution in [3.63, 3.8) is 0 Å². The van der Waals surface area contributed by atoms with Gasteiger partial charge < -0.3 is 5.32 Å². The second-order valence-corrected chi connectivity index (χ2v) is 4.96. The maximum absolute atomic E-state index is 13.9. The van der Waals surface area contributed by atoms with Crippen molar-refractivity contribution < 1.29 is 4.39 Å². The van der Waals surface area contributed by atoms with Crippen LogP contribution in [0.3, 0.4) is 0 Å². The smallest absolute Gasteiger partial charge is 0.149 e. The summed E-state index contributed by atoms with van der Waals surface area (Å²) in [5.74, 6) is 0.268. The third-order valence-corrected chi connectivity index (χ3v) is 3.85. The lowest BCUT2D eigenvalue weighted by Crippen LogP contribution is -2.01. The highest BCUT2D eigenvalue weighted by Crippen LogP contribution is 2.36. The largest absolute Gasteiger partial charge is 0.388 e. The Kier molecular flexibility index (Phi) is 2.90. The summed E-state index contributed by atoms with van der Waals surface area (Å²) < 4.78 is 13.9. The van der Waals surface area contributed by atoms with E-state index in [9.17, 15) is 4.39 Å². The molecule has 1 aromatic carbocycles. The monoisotopic (exact) mass is 244 g/mol. The number of para-hydroxylation sites is 1. The number of nitrogens with one attached hydrogen (secondary N) is 1. The standard InChI is InChI=1S/C15H17FN2/c1-17-14-9-13(10-5-2-3-6-10)18-15-11(14)7-4-8-12(15)16/h4,7-10H,2-3,5-6H2,1H3,(H,17,18). The number of halogens is 1. The van der Waals surface area contributed by atoms with Gasteiger partial charge in [-0.1, -0.05) is 25.0 Å². The molecule has 1 fully saturated rings. The van der Waals surface area contributed by atoms with Crippen LogP contribution in [0.5, 0.6) is 0 Å². The van der Waals surface area contributed by atoms with Crippen molar-refractivity contribution in [2.75, 3.05) is 12.4 Å². The topological polar surface area (TPSA) is 24.9 Å². The molecule has 0 amide bonds. The van der Waals surface area contributed by atoms with Crippen LogP contribution in [0.25, 0.3) is 10.9 Å². The van der Waals surface area contributed by atoms with E-state index in [1.54, 1.807) is 6.07 Å². The van der Waals surface area contributed by atoms with Gasteiger partial charge in [-0.2, -0.15) is 0 Å². The van der Waals surface area contributed by atoms with E-state index in [4.69, 9.17) is 0 Å². The Morgan fingerprint density at radius 2 is 2.06 bits per heavy atom. The minimum atomic E-state index is -0.233. The molecule has 1 N–H and O–H groups in total. The Hall–Kier alpha value is -1.64. The Morgan fingerprint density at radius 1 is 1.28 bits per heavy atom. The SMILES string of the molecule is CNc1cc(C2CCCC2)nc2c(F)cccc12. The normalized spacial score (nSPS) is 16.3. The first-order valence-corrected chi connectivity index (χ1v) is 6.56. The summed E-state index contributed by atoms with van der Waals surface area (Å²) in [6.45, 7) is 0. The Morgan fingerprint density at radius 3 is 2.78 bits per heavy atom. The van der Waals surface area contributed by atoms with Gasteiger partial charge in [0, 0.05) is 29.7 Å². The molecule has 0 aliphatic heterocycles. The van der Waals surface area contributed by atoms with Crippen LogP contribution in [-0.4, -0.2) is 12.0 Å². The molecule has 3 rings (SSSR count). The Balaban J connectivity index is 2.19. The van der Waals surface area contributed by atoms with Gasteiger partial charge >= 0.3 is 0 Å². The number of hydrogen-bond acceptors (Lipinski definition) is 2. The average molecular weight is 244 g/mol. The molecule has 2 aromatic rings. The first-order chi connectivity index (χ1) is 8.79. The van der Waals surface area contributed by atoms with Gasteiger partial charge in [0.05, 0.1) is 0 Å². The number of rotatable bonds is 2. The number of nitrogens with zero attached hydrogens (tertiary/aromatic N) is 1. The van der Waals surface area contributed by atoms with E-state index in [0.717, 1.165) is 16.8 Å². The van der Waals surface area contributed by atoms with Crippen LogP contribution in [0.2, 0.25) is 0 Å². The summed E-state index contributed by atoms with van der Waals surface area (Å²) in [4.78, 5) is 4.55. The van der Waals surface area contributed by atoms with Crippen LogP contribution in [0, 0.1) is 5.82 Å². The molecule has 0 unspecified atom stereocenters. The lowest BCUT2D eigenvalue weighted by molar-refractivity contribution is 0.633. The number of hydrogen-bond donors (Lipinski definition) is 1.